The van der Waals surface area contributed by atoms with Crippen molar-refractivity contribution in [2.75, 3.05) is 18.4 Å². The van der Waals surface area contributed by atoms with Crippen LogP contribution in [0.3, 0.4) is 0 Å². The molecule has 6 heteroatoms. The Morgan fingerprint density at radius 1 is 1.25 bits per heavy atom. The van der Waals surface area contributed by atoms with Crippen LogP contribution in [0.1, 0.15) is 37.0 Å². The van der Waals surface area contributed by atoms with Gasteiger partial charge in [-0.15, -0.1) is 0 Å². The fourth-order valence-electron chi connectivity index (χ4n) is 4.67. The van der Waals surface area contributed by atoms with Gasteiger partial charge in [-0.2, -0.15) is 0 Å². The fraction of sp³-hybridized carbons (Fsp3) is 0.455. The zero-order valence-corrected chi connectivity index (χ0v) is 16.1. The number of piperidine rings is 1. The first kappa shape index (κ1) is 17.3. The lowest BCUT2D eigenvalue weighted by Gasteiger charge is -2.32. The van der Waals surface area contributed by atoms with E-state index in [4.69, 9.17) is 4.42 Å². The zero-order chi connectivity index (χ0) is 18.9. The number of nitrogens with one attached hydrogen (secondary N) is 1. The van der Waals surface area contributed by atoms with Crippen LogP contribution in [0.5, 0.6) is 0 Å². The number of aryl methyl sites for hydroxylation is 2. The highest BCUT2D eigenvalue weighted by molar-refractivity contribution is 6.00. The third-order valence-corrected chi connectivity index (χ3v) is 6.06. The quantitative estimate of drug-likeness (QED) is 0.732. The van der Waals surface area contributed by atoms with Crippen molar-refractivity contribution in [1.29, 1.82) is 0 Å². The highest BCUT2D eigenvalue weighted by Crippen LogP contribution is 2.35. The van der Waals surface area contributed by atoms with Crippen LogP contribution in [0, 0.1) is 5.92 Å². The first-order valence-electron chi connectivity index (χ1n) is 10.3. The van der Waals surface area contributed by atoms with Gasteiger partial charge < -0.3 is 19.2 Å². The van der Waals surface area contributed by atoms with Crippen LogP contribution < -0.4 is 5.32 Å². The molecule has 1 aromatic carbocycles. The number of furan rings is 1. The Bertz CT molecular complexity index is 976. The van der Waals surface area contributed by atoms with Crippen LogP contribution in [0.25, 0.3) is 11.0 Å². The van der Waals surface area contributed by atoms with Crippen LogP contribution in [0.2, 0.25) is 0 Å². The molecule has 2 aromatic heterocycles. The number of anilines is 1. The van der Waals surface area contributed by atoms with Gasteiger partial charge in [0.25, 0.3) is 0 Å². The fourth-order valence-corrected chi connectivity index (χ4v) is 4.67. The average Bonchev–Trinajstić information content (AvgIpc) is 3.36. The van der Waals surface area contributed by atoms with E-state index in [9.17, 15) is 4.79 Å². The number of rotatable bonds is 3. The van der Waals surface area contributed by atoms with Gasteiger partial charge in [0, 0.05) is 49.4 Å². The van der Waals surface area contributed by atoms with Gasteiger partial charge in [0.1, 0.15) is 5.76 Å². The Morgan fingerprint density at radius 3 is 3.07 bits per heavy atom. The Morgan fingerprint density at radius 2 is 2.18 bits per heavy atom. The van der Waals surface area contributed by atoms with Gasteiger partial charge in [0.15, 0.2) is 5.58 Å². The molecular formula is C22H26N4O2. The first-order chi connectivity index (χ1) is 13.8. The largest absolute Gasteiger partial charge is 0.459 e. The predicted octanol–water partition coefficient (Wildman–Crippen LogP) is 4.45. The minimum Gasteiger partial charge on any atom is -0.459 e. The molecular weight excluding hydrogens is 352 g/mol. The van der Waals surface area contributed by atoms with E-state index in [0.29, 0.717) is 5.92 Å². The molecule has 146 valence electrons. The Kier molecular flexibility index (Phi) is 4.55. The molecule has 1 fully saturated rings. The number of benzene rings is 1. The number of amides is 2. The predicted molar refractivity (Wildman–Crippen MR) is 108 cm³/mol. The minimum absolute atomic E-state index is 0.0304. The average molecular weight is 378 g/mol. The molecule has 1 atom stereocenters. The van der Waals surface area contributed by atoms with E-state index in [2.05, 4.69) is 20.9 Å². The molecule has 1 unspecified atom stereocenters. The first-order valence-corrected chi connectivity index (χ1v) is 10.3. The van der Waals surface area contributed by atoms with Crippen LogP contribution in [-0.4, -0.2) is 33.6 Å². The standard InChI is InChI=1S/C22H26N4O2/c27-22(26-11-4-5-16(14-26)13-25-12-10-23-15-25)24-19-8-3-7-18-17-6-1-2-9-20(17)28-21(18)19/h3,7-8,10,12,15-16H,1-2,4-6,9,11,13-14H2,(H,24,27). The summed E-state index contributed by atoms with van der Waals surface area (Å²) in [6, 6.07) is 6.04. The molecule has 0 radical (unpaired) electrons. The number of hydrogen-bond donors (Lipinski definition) is 1. The Balaban J connectivity index is 1.32. The summed E-state index contributed by atoms with van der Waals surface area (Å²) < 4.78 is 8.25. The number of aromatic nitrogens is 2. The maximum Gasteiger partial charge on any atom is 0.321 e. The monoisotopic (exact) mass is 378 g/mol. The molecule has 1 aliphatic carbocycles. The molecule has 1 saturated heterocycles. The molecule has 3 aromatic rings. The lowest BCUT2D eigenvalue weighted by Crippen LogP contribution is -2.43. The number of urea groups is 1. The highest BCUT2D eigenvalue weighted by Gasteiger charge is 2.25. The third kappa shape index (κ3) is 3.28. The summed E-state index contributed by atoms with van der Waals surface area (Å²) in [7, 11) is 0. The van der Waals surface area contributed by atoms with Gasteiger partial charge in [-0.1, -0.05) is 12.1 Å². The van der Waals surface area contributed by atoms with Crippen LogP contribution >= 0.6 is 0 Å². The molecule has 6 nitrogen and oxygen atoms in total. The van der Waals surface area contributed by atoms with E-state index >= 15 is 0 Å². The van der Waals surface area contributed by atoms with Gasteiger partial charge >= 0.3 is 6.03 Å². The lowest BCUT2D eigenvalue weighted by atomic mass is 9.96. The number of hydrogen-bond acceptors (Lipinski definition) is 3. The van der Waals surface area contributed by atoms with Gasteiger partial charge in [0.2, 0.25) is 0 Å². The van der Waals surface area contributed by atoms with Crippen molar-refractivity contribution in [3.05, 3.63) is 48.2 Å². The van der Waals surface area contributed by atoms with Crippen molar-refractivity contribution in [2.45, 2.75) is 45.1 Å². The van der Waals surface area contributed by atoms with Crippen molar-refractivity contribution in [3.8, 4) is 0 Å². The molecule has 2 amide bonds. The molecule has 0 saturated carbocycles. The summed E-state index contributed by atoms with van der Waals surface area (Å²) in [5.74, 6) is 1.56. The summed E-state index contributed by atoms with van der Waals surface area (Å²) in [6.45, 7) is 2.48. The molecule has 1 N–H and O–H groups in total. The summed E-state index contributed by atoms with van der Waals surface area (Å²) in [5.41, 5.74) is 2.94. The second-order valence-corrected chi connectivity index (χ2v) is 8.04. The van der Waals surface area contributed by atoms with E-state index in [-0.39, 0.29) is 6.03 Å². The smallest absolute Gasteiger partial charge is 0.321 e. The van der Waals surface area contributed by atoms with Gasteiger partial charge in [-0.3, -0.25) is 0 Å². The van der Waals surface area contributed by atoms with E-state index in [1.165, 1.54) is 18.4 Å². The zero-order valence-electron chi connectivity index (χ0n) is 16.1. The van der Waals surface area contributed by atoms with E-state index in [0.717, 1.165) is 67.7 Å². The van der Waals surface area contributed by atoms with Crippen molar-refractivity contribution in [3.63, 3.8) is 0 Å². The maximum atomic E-state index is 13.0. The third-order valence-electron chi connectivity index (χ3n) is 6.06. The van der Waals surface area contributed by atoms with Crippen molar-refractivity contribution >= 4 is 22.7 Å². The number of likely N-dealkylation sites (tertiary alicyclic amines) is 1. The summed E-state index contributed by atoms with van der Waals surface area (Å²) in [6.07, 6.45) is 12.3. The Hall–Kier alpha value is -2.76. The summed E-state index contributed by atoms with van der Waals surface area (Å²) in [4.78, 5) is 19.0. The number of carbonyl (C=O) groups excluding carboxylic acids is 1. The number of fused-ring (bicyclic) bond motifs is 3. The van der Waals surface area contributed by atoms with Crippen LogP contribution in [0.15, 0.2) is 41.3 Å². The maximum absolute atomic E-state index is 13.0. The number of imidazole rings is 1. The topological polar surface area (TPSA) is 63.3 Å². The molecule has 1 aliphatic heterocycles. The lowest BCUT2D eigenvalue weighted by molar-refractivity contribution is 0.170. The molecule has 3 heterocycles. The molecule has 2 aliphatic rings. The van der Waals surface area contributed by atoms with Crippen molar-refractivity contribution in [1.82, 2.24) is 14.5 Å². The SMILES string of the molecule is O=C(Nc1cccc2c3c(oc12)CCCC3)N1CCCC(Cn2ccnc2)C1. The van der Waals surface area contributed by atoms with E-state index < -0.39 is 0 Å². The molecule has 5 rings (SSSR count). The second kappa shape index (κ2) is 7.34. The normalized spacial score (nSPS) is 19.6. The number of carbonyl (C=O) groups is 1. The molecule has 28 heavy (non-hydrogen) atoms. The van der Waals surface area contributed by atoms with Crippen molar-refractivity contribution in [2.24, 2.45) is 5.92 Å². The number of para-hydroxylation sites is 1. The van der Waals surface area contributed by atoms with Crippen LogP contribution in [-0.2, 0) is 19.4 Å². The minimum atomic E-state index is -0.0304. The summed E-state index contributed by atoms with van der Waals surface area (Å²) >= 11 is 0. The summed E-state index contributed by atoms with van der Waals surface area (Å²) in [5, 5.41) is 4.27. The Labute approximate surface area is 164 Å². The van der Waals surface area contributed by atoms with E-state index in [1.54, 1.807) is 6.20 Å². The molecule has 0 spiro atoms. The highest BCUT2D eigenvalue weighted by atomic mass is 16.3. The van der Waals surface area contributed by atoms with Gasteiger partial charge in [-0.05, 0) is 44.1 Å². The van der Waals surface area contributed by atoms with Gasteiger partial charge in [-0.25, -0.2) is 9.78 Å². The second-order valence-electron chi connectivity index (χ2n) is 8.04. The molecule has 0 bridgehead atoms. The van der Waals surface area contributed by atoms with Gasteiger partial charge in [0.05, 0.1) is 12.0 Å². The van der Waals surface area contributed by atoms with Crippen LogP contribution in [0.4, 0.5) is 10.5 Å². The van der Waals surface area contributed by atoms with E-state index in [1.807, 2.05) is 29.6 Å². The number of nitrogens with zero attached hydrogens (tertiary/aromatic N) is 3. The van der Waals surface area contributed by atoms with Crippen molar-refractivity contribution < 1.29 is 9.21 Å².